The lowest BCUT2D eigenvalue weighted by Gasteiger charge is -2.39. The standard InChI is InChI=1S/C26H36N4O6/c1-26(2,3)35-25(33)29-18-9-10-19(29)14-21(13-18)36-27-23(31)22-12-11-20-15-28(22)24(32)30(20)34-16-17-7-5-4-6-8-17/h4-8,18-22H,9-16H2,1-3H3,(H,27,31). The Bertz CT molecular complexity index is 968. The quantitative estimate of drug-likeness (QED) is 0.601. The maximum Gasteiger partial charge on any atom is 0.410 e. The van der Waals surface area contributed by atoms with Gasteiger partial charge in [-0.2, -0.15) is 5.06 Å². The van der Waals surface area contributed by atoms with E-state index in [2.05, 4.69) is 5.48 Å². The third kappa shape index (κ3) is 5.15. The van der Waals surface area contributed by atoms with Crippen molar-refractivity contribution in [3.63, 3.8) is 0 Å². The van der Waals surface area contributed by atoms with E-state index in [0.29, 0.717) is 38.8 Å². The zero-order valence-corrected chi connectivity index (χ0v) is 21.2. The highest BCUT2D eigenvalue weighted by atomic mass is 16.7. The number of benzene rings is 1. The van der Waals surface area contributed by atoms with E-state index >= 15 is 0 Å². The molecule has 36 heavy (non-hydrogen) atoms. The second kappa shape index (κ2) is 9.89. The molecule has 0 radical (unpaired) electrons. The smallest absolute Gasteiger partial charge is 0.410 e. The molecule has 5 rings (SSSR count). The summed E-state index contributed by atoms with van der Waals surface area (Å²) < 4.78 is 5.58. The normalized spacial score (nSPS) is 29.5. The third-order valence-corrected chi connectivity index (χ3v) is 7.46. The molecular formula is C26H36N4O6. The minimum Gasteiger partial charge on any atom is -0.444 e. The van der Waals surface area contributed by atoms with Crippen LogP contribution in [0.1, 0.15) is 64.9 Å². The minimum absolute atomic E-state index is 0.0476. The fourth-order valence-electron chi connectivity index (χ4n) is 5.83. The van der Waals surface area contributed by atoms with E-state index in [4.69, 9.17) is 14.4 Å². The summed E-state index contributed by atoms with van der Waals surface area (Å²) in [5, 5.41) is 1.42. The summed E-state index contributed by atoms with van der Waals surface area (Å²) in [6.45, 7) is 6.37. The predicted octanol–water partition coefficient (Wildman–Crippen LogP) is 3.37. The Morgan fingerprint density at radius 2 is 1.67 bits per heavy atom. The van der Waals surface area contributed by atoms with Crippen molar-refractivity contribution in [2.75, 3.05) is 6.54 Å². The Labute approximate surface area is 211 Å². The van der Waals surface area contributed by atoms with Crippen molar-refractivity contribution >= 4 is 18.0 Å². The van der Waals surface area contributed by atoms with Crippen molar-refractivity contribution < 1.29 is 28.8 Å². The molecule has 0 aromatic heterocycles. The Morgan fingerprint density at radius 3 is 2.33 bits per heavy atom. The molecule has 0 spiro atoms. The number of amides is 4. The molecule has 10 nitrogen and oxygen atoms in total. The van der Waals surface area contributed by atoms with E-state index in [-0.39, 0.29) is 42.3 Å². The van der Waals surface area contributed by atoms with Gasteiger partial charge in [0.25, 0.3) is 5.91 Å². The monoisotopic (exact) mass is 500 g/mol. The Hall–Kier alpha value is -2.85. The molecule has 4 aliphatic rings. The van der Waals surface area contributed by atoms with Gasteiger partial charge in [-0.1, -0.05) is 30.3 Å². The molecule has 196 valence electrons. The molecule has 4 fully saturated rings. The molecule has 4 atom stereocenters. The molecule has 1 aromatic carbocycles. The van der Waals surface area contributed by atoms with Gasteiger partial charge < -0.3 is 14.5 Å². The topological polar surface area (TPSA) is 101 Å². The lowest BCUT2D eigenvalue weighted by Crippen LogP contribution is -2.53. The zero-order valence-electron chi connectivity index (χ0n) is 21.2. The van der Waals surface area contributed by atoms with Gasteiger partial charge in [-0.15, -0.1) is 0 Å². The number of carbonyl (C=O) groups is 3. The van der Waals surface area contributed by atoms with E-state index in [1.807, 2.05) is 56.0 Å². The predicted molar refractivity (Wildman–Crippen MR) is 129 cm³/mol. The highest BCUT2D eigenvalue weighted by molar-refractivity contribution is 5.88. The van der Waals surface area contributed by atoms with Crippen LogP contribution >= 0.6 is 0 Å². The number of nitrogens with zero attached hydrogens (tertiary/aromatic N) is 3. The largest absolute Gasteiger partial charge is 0.444 e. The molecule has 0 saturated carbocycles. The molecular weight excluding hydrogens is 464 g/mol. The van der Waals surface area contributed by atoms with Gasteiger partial charge in [-0.3, -0.25) is 14.5 Å². The molecule has 10 heteroatoms. The Balaban J connectivity index is 1.11. The van der Waals surface area contributed by atoms with Crippen LogP contribution in [0.25, 0.3) is 0 Å². The molecule has 4 amide bonds. The van der Waals surface area contributed by atoms with Gasteiger partial charge >= 0.3 is 12.1 Å². The number of hydrogen-bond acceptors (Lipinski definition) is 6. The summed E-state index contributed by atoms with van der Waals surface area (Å²) in [5.41, 5.74) is 3.07. The van der Waals surface area contributed by atoms with Gasteiger partial charge in [0, 0.05) is 18.6 Å². The minimum atomic E-state index is -0.586. The third-order valence-electron chi connectivity index (χ3n) is 7.46. The lowest BCUT2D eigenvalue weighted by molar-refractivity contribution is -0.148. The first-order valence-electron chi connectivity index (χ1n) is 12.9. The van der Waals surface area contributed by atoms with Crippen molar-refractivity contribution in [3.8, 4) is 0 Å². The summed E-state index contributed by atoms with van der Waals surface area (Å²) in [4.78, 5) is 53.7. The van der Waals surface area contributed by atoms with Gasteiger partial charge in [0.15, 0.2) is 0 Å². The summed E-state index contributed by atoms with van der Waals surface area (Å²) in [5.74, 6) is -0.311. The van der Waals surface area contributed by atoms with Crippen molar-refractivity contribution in [2.24, 2.45) is 0 Å². The number of fused-ring (bicyclic) bond motifs is 4. The van der Waals surface area contributed by atoms with Gasteiger partial charge in [0.2, 0.25) is 0 Å². The average molecular weight is 501 g/mol. The molecule has 4 bridgehead atoms. The van der Waals surface area contributed by atoms with Crippen molar-refractivity contribution in [3.05, 3.63) is 35.9 Å². The summed E-state index contributed by atoms with van der Waals surface area (Å²) in [6.07, 6.45) is 3.89. The van der Waals surface area contributed by atoms with Crippen LogP contribution in [0.15, 0.2) is 30.3 Å². The van der Waals surface area contributed by atoms with Crippen LogP contribution in [0.3, 0.4) is 0 Å². The SMILES string of the molecule is CC(C)(C)OC(=O)N1C2CCC1CC(ONC(=O)C1CCC3CN1C(=O)N3OCc1ccccc1)C2. The fourth-order valence-corrected chi connectivity index (χ4v) is 5.83. The van der Waals surface area contributed by atoms with Crippen molar-refractivity contribution in [2.45, 2.75) is 102 Å². The summed E-state index contributed by atoms with van der Waals surface area (Å²) in [7, 11) is 0. The van der Waals surface area contributed by atoms with Crippen LogP contribution in [0.4, 0.5) is 9.59 Å². The van der Waals surface area contributed by atoms with E-state index in [0.717, 1.165) is 18.4 Å². The van der Waals surface area contributed by atoms with Crippen molar-refractivity contribution in [1.82, 2.24) is 20.3 Å². The Kier molecular flexibility index (Phi) is 6.82. The van der Waals surface area contributed by atoms with Crippen LogP contribution in [0.5, 0.6) is 0 Å². The fraction of sp³-hybridized carbons (Fsp3) is 0.654. The highest BCUT2D eigenvalue weighted by Gasteiger charge is 2.49. The number of hydrogen-bond donors (Lipinski definition) is 1. The van der Waals surface area contributed by atoms with Gasteiger partial charge in [-0.25, -0.2) is 15.1 Å². The molecule has 4 saturated heterocycles. The molecule has 4 unspecified atom stereocenters. The van der Waals surface area contributed by atoms with Crippen LogP contribution in [0, 0.1) is 0 Å². The zero-order chi connectivity index (χ0) is 25.4. The van der Waals surface area contributed by atoms with E-state index in [1.165, 1.54) is 5.06 Å². The maximum absolute atomic E-state index is 13.0. The van der Waals surface area contributed by atoms with Crippen LogP contribution in [-0.2, 0) is 25.8 Å². The molecule has 4 aliphatic heterocycles. The van der Waals surface area contributed by atoms with Crippen molar-refractivity contribution in [1.29, 1.82) is 0 Å². The second-order valence-corrected chi connectivity index (χ2v) is 11.2. The number of nitrogens with one attached hydrogen (secondary N) is 1. The molecule has 0 aliphatic carbocycles. The van der Waals surface area contributed by atoms with Gasteiger partial charge in [-0.05, 0) is 64.9 Å². The number of ether oxygens (including phenoxy) is 1. The van der Waals surface area contributed by atoms with E-state index < -0.39 is 11.6 Å². The summed E-state index contributed by atoms with van der Waals surface area (Å²) in [6, 6.07) is 8.87. The van der Waals surface area contributed by atoms with E-state index in [9.17, 15) is 14.4 Å². The van der Waals surface area contributed by atoms with Crippen LogP contribution < -0.4 is 5.48 Å². The van der Waals surface area contributed by atoms with Gasteiger partial charge in [0.05, 0.1) is 12.1 Å². The highest BCUT2D eigenvalue weighted by Crippen LogP contribution is 2.38. The number of hydroxylamine groups is 3. The van der Waals surface area contributed by atoms with Crippen LogP contribution in [0.2, 0.25) is 0 Å². The number of rotatable bonds is 6. The molecule has 1 aromatic rings. The number of carbonyl (C=O) groups excluding carboxylic acids is 3. The second-order valence-electron chi connectivity index (χ2n) is 11.2. The summed E-state index contributed by atoms with van der Waals surface area (Å²) >= 11 is 0. The lowest BCUT2D eigenvalue weighted by atomic mass is 10.00. The first-order valence-corrected chi connectivity index (χ1v) is 12.9. The van der Waals surface area contributed by atoms with Crippen LogP contribution in [-0.4, -0.2) is 75.3 Å². The maximum atomic E-state index is 13.0. The molecule has 1 N–H and O–H groups in total. The first-order chi connectivity index (χ1) is 17.2. The first kappa shape index (κ1) is 24.8. The Morgan fingerprint density at radius 1 is 1.00 bits per heavy atom. The van der Waals surface area contributed by atoms with Gasteiger partial charge in [0.1, 0.15) is 18.2 Å². The van der Waals surface area contributed by atoms with E-state index in [1.54, 1.807) is 4.90 Å². The number of urea groups is 1. The molecule has 4 heterocycles. The number of piperidine rings is 2. The average Bonchev–Trinajstić information content (AvgIpc) is 3.25.